The van der Waals surface area contributed by atoms with E-state index in [9.17, 15) is 38.7 Å². The fourth-order valence-corrected chi connectivity index (χ4v) is 9.38. The van der Waals surface area contributed by atoms with Gasteiger partial charge < -0.3 is 40.3 Å². The molecule has 1 rings (SSSR count). The fraction of sp³-hybridized carbons (Fsp3) is 0.942. The van der Waals surface area contributed by atoms with Gasteiger partial charge in [0.05, 0.1) is 25.4 Å². The lowest BCUT2D eigenvalue weighted by Crippen LogP contribution is -2.61. The molecule has 0 aromatic rings. The molecule has 0 spiro atoms. The summed E-state index contributed by atoms with van der Waals surface area (Å²) in [5.74, 6) is -0.678. The quantitative estimate of drug-likeness (QED) is 0.0172. The van der Waals surface area contributed by atoms with Crippen LogP contribution in [0.15, 0.2) is 12.2 Å². The van der Waals surface area contributed by atoms with Crippen LogP contribution in [0, 0.1) is 0 Å². The Balaban J connectivity index is 2.06. The maximum atomic E-state index is 13.0. The minimum atomic E-state index is -5.10. The molecule has 0 aliphatic carbocycles. The van der Waals surface area contributed by atoms with Gasteiger partial charge in [-0.1, -0.05) is 225 Å². The Hall–Kier alpha value is -1.20. The first-order valence-corrected chi connectivity index (χ1v) is 28.5. The van der Waals surface area contributed by atoms with Crippen LogP contribution in [-0.4, -0.2) is 107 Å². The summed E-state index contributed by atoms with van der Waals surface area (Å²) in [6, 6.07) is -1.03. The largest absolute Gasteiger partial charge is 0.397 e. The number of hydrogen-bond donors (Lipinski definition) is 7. The SMILES string of the molecule is CCCCCCCCCCCCCCCC/C=C\CCCCCCCCCCCCCCCCCCC(O)C(=O)NC(COC1OC(CO)C(O)C(OS(=O)(=O)O)C1O)C(O)CCCCC. The van der Waals surface area contributed by atoms with Gasteiger partial charge >= 0.3 is 10.4 Å². The van der Waals surface area contributed by atoms with E-state index < -0.39 is 78.5 Å². The molecule has 7 N–H and O–H groups in total. The molecule has 8 atom stereocenters. The van der Waals surface area contributed by atoms with Crippen LogP contribution < -0.4 is 5.32 Å². The number of aliphatic hydroxyl groups is 5. The number of ether oxygens (including phenoxy) is 2. The highest BCUT2D eigenvalue weighted by atomic mass is 32.3. The van der Waals surface area contributed by atoms with Gasteiger partial charge in [0.25, 0.3) is 0 Å². The minimum Gasteiger partial charge on any atom is -0.394 e. The number of allylic oxidation sites excluding steroid dienone is 2. The van der Waals surface area contributed by atoms with Gasteiger partial charge in [-0.2, -0.15) is 8.42 Å². The zero-order chi connectivity index (χ0) is 48.5. The molecule has 0 bridgehead atoms. The van der Waals surface area contributed by atoms with Gasteiger partial charge in [0.15, 0.2) is 6.29 Å². The predicted octanol–water partition coefficient (Wildman–Crippen LogP) is 10.9. The maximum Gasteiger partial charge on any atom is 0.397 e. The van der Waals surface area contributed by atoms with E-state index in [0.717, 1.165) is 32.1 Å². The van der Waals surface area contributed by atoms with Gasteiger partial charge in [-0.15, -0.1) is 0 Å². The molecule has 1 saturated heterocycles. The molecule has 0 aromatic heterocycles. The van der Waals surface area contributed by atoms with Crippen LogP contribution >= 0.6 is 0 Å². The topological polar surface area (TPSA) is 212 Å². The van der Waals surface area contributed by atoms with Crippen LogP contribution in [0.3, 0.4) is 0 Å². The third-order valence-corrected chi connectivity index (χ3v) is 13.6. The summed E-state index contributed by atoms with van der Waals surface area (Å²) in [6.45, 7) is 3.09. The molecule has 0 saturated carbocycles. The highest BCUT2D eigenvalue weighted by Crippen LogP contribution is 2.26. The van der Waals surface area contributed by atoms with Crippen molar-refractivity contribution < 1.29 is 57.0 Å². The van der Waals surface area contributed by atoms with E-state index in [-0.39, 0.29) is 6.42 Å². The number of aliphatic hydroxyl groups excluding tert-OH is 5. The second kappa shape index (κ2) is 42.7. The molecule has 392 valence electrons. The summed E-state index contributed by atoms with van der Waals surface area (Å²) in [5, 5.41) is 54.7. The van der Waals surface area contributed by atoms with Crippen molar-refractivity contribution >= 4 is 16.3 Å². The fourth-order valence-electron chi connectivity index (χ4n) is 8.87. The zero-order valence-corrected chi connectivity index (χ0v) is 42.7. The average Bonchev–Trinajstić information content (AvgIpc) is 3.29. The van der Waals surface area contributed by atoms with E-state index in [4.69, 9.17) is 14.0 Å². The third kappa shape index (κ3) is 34.2. The lowest BCUT2D eigenvalue weighted by molar-refractivity contribution is -0.298. The standard InChI is InChI=1S/C52H101NO12S/c1-3-5-7-8-9-10-11-12-13-14-15-16-17-18-19-20-21-22-23-24-25-26-27-28-29-30-31-32-33-34-35-36-37-39-41-46(56)51(59)53-44(45(55)40-38-6-4-2)43-63-52-49(58)50(65-66(60,61)62)48(57)47(42-54)64-52/h20-21,44-50,52,54-58H,3-19,22-43H2,1-2H3,(H,53,59)(H,60,61,62)/b21-20-. The van der Waals surface area contributed by atoms with Crippen LogP contribution in [0.4, 0.5) is 0 Å². The summed E-state index contributed by atoms with van der Waals surface area (Å²) in [7, 11) is -5.10. The van der Waals surface area contributed by atoms with E-state index in [1.165, 1.54) is 180 Å². The number of carbonyl (C=O) groups excluding carboxylic acids is 1. The number of amides is 1. The molecule has 14 heteroatoms. The smallest absolute Gasteiger partial charge is 0.394 e. The highest BCUT2D eigenvalue weighted by molar-refractivity contribution is 7.80. The molecule has 0 radical (unpaired) electrons. The van der Waals surface area contributed by atoms with Crippen molar-refractivity contribution in [2.24, 2.45) is 0 Å². The molecule has 8 unspecified atom stereocenters. The van der Waals surface area contributed by atoms with Crippen molar-refractivity contribution in [2.75, 3.05) is 13.2 Å². The summed E-state index contributed by atoms with van der Waals surface area (Å²) < 4.78 is 47.2. The minimum absolute atomic E-state index is 0.261. The van der Waals surface area contributed by atoms with Crippen LogP contribution in [0.25, 0.3) is 0 Å². The van der Waals surface area contributed by atoms with E-state index in [1.807, 2.05) is 6.92 Å². The van der Waals surface area contributed by atoms with Crippen LogP contribution in [0.1, 0.15) is 251 Å². The molecule has 1 aliphatic rings. The monoisotopic (exact) mass is 964 g/mol. The molecule has 66 heavy (non-hydrogen) atoms. The van der Waals surface area contributed by atoms with E-state index in [0.29, 0.717) is 19.3 Å². The molecule has 1 fully saturated rings. The van der Waals surface area contributed by atoms with E-state index in [2.05, 4.69) is 28.6 Å². The van der Waals surface area contributed by atoms with Gasteiger partial charge in [-0.05, 0) is 38.5 Å². The molecule has 1 aliphatic heterocycles. The van der Waals surface area contributed by atoms with Crippen molar-refractivity contribution in [3.8, 4) is 0 Å². The Morgan fingerprint density at radius 2 is 0.970 bits per heavy atom. The molecular weight excluding hydrogens is 863 g/mol. The van der Waals surface area contributed by atoms with Crippen LogP contribution in [-0.2, 0) is 28.9 Å². The maximum absolute atomic E-state index is 13.0. The number of rotatable bonds is 47. The summed E-state index contributed by atoms with van der Waals surface area (Å²) in [5.41, 5.74) is 0. The van der Waals surface area contributed by atoms with Gasteiger partial charge in [0, 0.05) is 0 Å². The molecular formula is C52H101NO12S. The summed E-state index contributed by atoms with van der Waals surface area (Å²) in [6.07, 6.45) is 38.6. The first-order valence-electron chi connectivity index (χ1n) is 27.2. The molecule has 1 heterocycles. The first-order chi connectivity index (χ1) is 31.9. The molecule has 13 nitrogen and oxygen atoms in total. The number of carbonyl (C=O) groups is 1. The van der Waals surface area contributed by atoms with Crippen molar-refractivity contribution in [1.29, 1.82) is 0 Å². The van der Waals surface area contributed by atoms with Gasteiger partial charge in [-0.25, -0.2) is 4.18 Å². The Bertz CT molecular complexity index is 1240. The van der Waals surface area contributed by atoms with Crippen molar-refractivity contribution in [1.82, 2.24) is 5.32 Å². The predicted molar refractivity (Wildman–Crippen MR) is 265 cm³/mol. The van der Waals surface area contributed by atoms with Crippen LogP contribution in [0.5, 0.6) is 0 Å². The highest BCUT2D eigenvalue weighted by Gasteiger charge is 2.48. The zero-order valence-electron chi connectivity index (χ0n) is 41.9. The lowest BCUT2D eigenvalue weighted by atomic mass is 9.99. The second-order valence-electron chi connectivity index (χ2n) is 19.3. The Kier molecular flexibility index (Phi) is 40.6. The number of hydrogen-bond acceptors (Lipinski definition) is 11. The van der Waals surface area contributed by atoms with E-state index >= 15 is 0 Å². The third-order valence-electron chi connectivity index (χ3n) is 13.2. The normalized spacial score (nSPS) is 20.5. The number of unbranched alkanes of at least 4 members (excludes halogenated alkanes) is 32. The van der Waals surface area contributed by atoms with Gasteiger partial charge in [0.1, 0.15) is 30.5 Å². The molecule has 0 aromatic carbocycles. The Morgan fingerprint density at radius 1 is 0.591 bits per heavy atom. The summed E-state index contributed by atoms with van der Waals surface area (Å²) in [4.78, 5) is 13.0. The van der Waals surface area contributed by atoms with Crippen molar-refractivity contribution in [3.05, 3.63) is 12.2 Å². The van der Waals surface area contributed by atoms with Crippen molar-refractivity contribution in [3.63, 3.8) is 0 Å². The summed E-state index contributed by atoms with van der Waals surface area (Å²) >= 11 is 0. The lowest BCUT2D eigenvalue weighted by Gasteiger charge is -2.41. The second-order valence-corrected chi connectivity index (χ2v) is 20.4. The molecule has 1 amide bonds. The van der Waals surface area contributed by atoms with Crippen molar-refractivity contribution in [2.45, 2.75) is 300 Å². The first kappa shape index (κ1) is 62.8. The van der Waals surface area contributed by atoms with Gasteiger partial charge in [0.2, 0.25) is 5.91 Å². The van der Waals surface area contributed by atoms with Gasteiger partial charge in [-0.3, -0.25) is 9.35 Å². The van der Waals surface area contributed by atoms with E-state index in [1.54, 1.807) is 0 Å². The Labute approximate surface area is 403 Å². The van der Waals surface area contributed by atoms with Crippen LogP contribution in [0.2, 0.25) is 0 Å². The number of nitrogens with one attached hydrogen (secondary N) is 1. The Morgan fingerprint density at radius 3 is 1.38 bits per heavy atom. The average molecular weight is 964 g/mol.